The fourth-order valence-corrected chi connectivity index (χ4v) is 1.84. The van der Waals surface area contributed by atoms with Gasteiger partial charge in [-0.3, -0.25) is 9.10 Å². The summed E-state index contributed by atoms with van der Waals surface area (Å²) in [6.45, 7) is 0.812. The Morgan fingerprint density at radius 2 is 2.20 bits per heavy atom. The Hall–Kier alpha value is 0.110. The lowest BCUT2D eigenvalue weighted by Crippen LogP contribution is -2.21. The minimum Gasteiger partial charge on any atom is -0.274 e. The molecule has 0 aromatic rings. The molecule has 10 heavy (non-hydrogen) atoms. The van der Waals surface area contributed by atoms with Gasteiger partial charge in [0, 0.05) is 13.0 Å². The van der Waals surface area contributed by atoms with Crippen LogP contribution in [-0.2, 0) is 4.79 Å². The Labute approximate surface area is 69.5 Å². The summed E-state index contributed by atoms with van der Waals surface area (Å²) in [4.78, 5) is 11.1. The van der Waals surface area contributed by atoms with Crippen LogP contribution in [0.4, 0.5) is 0 Å². The van der Waals surface area contributed by atoms with E-state index in [1.165, 1.54) is 0 Å². The van der Waals surface area contributed by atoms with Crippen molar-refractivity contribution in [3.05, 3.63) is 0 Å². The second kappa shape index (κ2) is 4.09. The minimum atomic E-state index is 0.178. The predicted octanol–water partition coefficient (Wildman–Crippen LogP) is 2.19. The lowest BCUT2D eigenvalue weighted by Gasteiger charge is -2.13. The van der Waals surface area contributed by atoms with Crippen LogP contribution in [0.15, 0.2) is 0 Å². The molecule has 1 aliphatic rings. The second-order valence-electron chi connectivity index (χ2n) is 2.38. The molecule has 58 valence electrons. The van der Waals surface area contributed by atoms with Crippen LogP contribution >= 0.6 is 21.8 Å². The van der Waals surface area contributed by atoms with Gasteiger partial charge in [0.25, 0.3) is 0 Å². The van der Waals surface area contributed by atoms with Crippen molar-refractivity contribution in [1.29, 1.82) is 0 Å². The Balaban J connectivity index is 2.43. The molecule has 1 fully saturated rings. The Kier molecular flexibility index (Phi) is 3.35. The highest BCUT2D eigenvalue weighted by atomic mass is 35.7. The van der Waals surface area contributed by atoms with Crippen molar-refractivity contribution in [3.63, 3.8) is 0 Å². The van der Waals surface area contributed by atoms with Gasteiger partial charge in [0.2, 0.25) is 5.91 Å². The van der Waals surface area contributed by atoms with Crippen molar-refractivity contribution in [2.24, 2.45) is 0 Å². The van der Waals surface area contributed by atoms with Gasteiger partial charge < -0.3 is 0 Å². The molecule has 0 N–H and O–H groups in total. The normalized spacial score (nSPS) is 20.9. The second-order valence-corrected chi connectivity index (χ2v) is 3.37. The first-order valence-electron chi connectivity index (χ1n) is 3.43. The minimum absolute atomic E-state index is 0.178. The van der Waals surface area contributed by atoms with Crippen molar-refractivity contribution in [2.75, 3.05) is 6.54 Å². The highest BCUT2D eigenvalue weighted by Crippen LogP contribution is 2.21. The molecule has 0 unspecified atom stereocenters. The predicted molar refractivity (Wildman–Crippen MR) is 43.6 cm³/mol. The largest absolute Gasteiger partial charge is 0.274 e. The maximum Gasteiger partial charge on any atom is 0.233 e. The molecule has 1 amide bonds. The molecule has 0 atom stereocenters. The zero-order chi connectivity index (χ0) is 7.40. The quantitative estimate of drug-likeness (QED) is 0.576. The van der Waals surface area contributed by atoms with Gasteiger partial charge in [-0.2, -0.15) is 0 Å². The summed E-state index contributed by atoms with van der Waals surface area (Å²) >= 11 is 1.02. The average molecular weight is 180 g/mol. The molecule has 0 aromatic heterocycles. The topological polar surface area (TPSA) is 20.3 Å². The van der Waals surface area contributed by atoms with E-state index < -0.39 is 0 Å². The van der Waals surface area contributed by atoms with Gasteiger partial charge in [0.15, 0.2) is 0 Å². The Bertz CT molecular complexity index is 131. The molecular weight excluding hydrogens is 170 g/mol. The van der Waals surface area contributed by atoms with Crippen molar-refractivity contribution in [1.82, 2.24) is 4.31 Å². The van der Waals surface area contributed by atoms with Gasteiger partial charge in [-0.25, -0.2) is 0 Å². The van der Waals surface area contributed by atoms with E-state index in [0.717, 1.165) is 37.0 Å². The molecule has 4 heteroatoms. The van der Waals surface area contributed by atoms with Gasteiger partial charge in [-0.05, 0) is 23.5 Å². The zero-order valence-corrected chi connectivity index (χ0v) is 7.25. The fourth-order valence-electron chi connectivity index (χ4n) is 1.03. The molecule has 0 spiro atoms. The number of hydrogen-bond donors (Lipinski definition) is 0. The third-order valence-electron chi connectivity index (χ3n) is 1.61. The average Bonchev–Trinajstić information content (AvgIpc) is 2.13. The van der Waals surface area contributed by atoms with Crippen molar-refractivity contribution in [2.45, 2.75) is 25.7 Å². The van der Waals surface area contributed by atoms with E-state index >= 15 is 0 Å². The Morgan fingerprint density at radius 3 is 2.90 bits per heavy atom. The summed E-state index contributed by atoms with van der Waals surface area (Å²) in [6, 6.07) is 0. The number of rotatable bonds is 1. The van der Waals surface area contributed by atoms with Crippen LogP contribution in [0.3, 0.4) is 0 Å². The van der Waals surface area contributed by atoms with E-state index in [4.69, 9.17) is 10.7 Å². The molecule has 0 saturated carbocycles. The number of nitrogens with zero attached hydrogens (tertiary/aromatic N) is 1. The number of carbonyl (C=O) groups excluding carboxylic acids is 1. The van der Waals surface area contributed by atoms with Crippen molar-refractivity contribution < 1.29 is 4.79 Å². The maximum absolute atomic E-state index is 11.1. The standard InChI is InChI=1S/C6H10ClNOS/c7-10-8-5-3-1-2-4-6(8)9/h1-5H2. The van der Waals surface area contributed by atoms with Gasteiger partial charge in [0.05, 0.1) is 11.2 Å². The van der Waals surface area contributed by atoms with Crippen LogP contribution in [0, 0.1) is 0 Å². The molecule has 0 bridgehead atoms. The summed E-state index contributed by atoms with van der Waals surface area (Å²) < 4.78 is 1.63. The highest BCUT2D eigenvalue weighted by Gasteiger charge is 2.15. The van der Waals surface area contributed by atoms with E-state index in [-0.39, 0.29) is 5.91 Å². The molecule has 1 rings (SSSR count). The number of amides is 1. The first kappa shape index (κ1) is 8.21. The van der Waals surface area contributed by atoms with E-state index in [1.54, 1.807) is 4.31 Å². The lowest BCUT2D eigenvalue weighted by atomic mass is 10.2. The number of halogens is 1. The SMILES string of the molecule is O=C1CCCCCN1SCl. The fraction of sp³-hybridized carbons (Fsp3) is 0.833. The third-order valence-corrected chi connectivity index (χ3v) is 2.67. The van der Waals surface area contributed by atoms with Crippen LogP contribution in [0.25, 0.3) is 0 Å². The lowest BCUT2D eigenvalue weighted by molar-refractivity contribution is -0.125. The summed E-state index contributed by atoms with van der Waals surface area (Å²) in [5, 5.41) is 0. The third kappa shape index (κ3) is 2.06. The summed E-state index contributed by atoms with van der Waals surface area (Å²) in [5.41, 5.74) is 0. The molecule has 1 aliphatic heterocycles. The summed E-state index contributed by atoms with van der Waals surface area (Å²) in [5.74, 6) is 0.178. The first-order valence-corrected chi connectivity index (χ1v) is 5.03. The van der Waals surface area contributed by atoms with Gasteiger partial charge in [-0.15, -0.1) is 0 Å². The van der Waals surface area contributed by atoms with E-state index in [2.05, 4.69) is 0 Å². The van der Waals surface area contributed by atoms with Crippen LogP contribution < -0.4 is 0 Å². The molecular formula is C6H10ClNOS. The zero-order valence-electron chi connectivity index (χ0n) is 5.68. The molecule has 1 heterocycles. The van der Waals surface area contributed by atoms with Crippen LogP contribution in [0.2, 0.25) is 0 Å². The van der Waals surface area contributed by atoms with E-state index in [0.29, 0.717) is 6.42 Å². The van der Waals surface area contributed by atoms with Crippen LogP contribution in [-0.4, -0.2) is 16.8 Å². The van der Waals surface area contributed by atoms with Crippen molar-refractivity contribution in [3.8, 4) is 0 Å². The van der Waals surface area contributed by atoms with Gasteiger partial charge >= 0.3 is 0 Å². The summed E-state index contributed by atoms with van der Waals surface area (Å²) in [6.07, 6.45) is 3.93. The molecule has 2 nitrogen and oxygen atoms in total. The van der Waals surface area contributed by atoms with Gasteiger partial charge in [0.1, 0.15) is 0 Å². The van der Waals surface area contributed by atoms with Gasteiger partial charge in [-0.1, -0.05) is 6.42 Å². The van der Waals surface area contributed by atoms with Crippen molar-refractivity contribution >= 4 is 27.8 Å². The first-order chi connectivity index (χ1) is 4.84. The summed E-state index contributed by atoms with van der Waals surface area (Å²) in [7, 11) is 5.47. The highest BCUT2D eigenvalue weighted by molar-refractivity contribution is 8.19. The molecule has 0 radical (unpaired) electrons. The molecule has 0 aromatic carbocycles. The van der Waals surface area contributed by atoms with E-state index in [1.807, 2.05) is 0 Å². The monoisotopic (exact) mass is 179 g/mol. The molecule has 0 aliphatic carbocycles. The molecule has 1 saturated heterocycles. The van der Waals surface area contributed by atoms with Crippen LogP contribution in [0.1, 0.15) is 25.7 Å². The van der Waals surface area contributed by atoms with Crippen LogP contribution in [0.5, 0.6) is 0 Å². The van der Waals surface area contributed by atoms with E-state index in [9.17, 15) is 4.79 Å². The number of hydrogen-bond acceptors (Lipinski definition) is 2. The smallest absolute Gasteiger partial charge is 0.233 e. The maximum atomic E-state index is 11.1. The Morgan fingerprint density at radius 1 is 1.40 bits per heavy atom. The number of carbonyl (C=O) groups is 1.